The predicted molar refractivity (Wildman–Crippen MR) is 77.0 cm³/mol. The summed E-state index contributed by atoms with van der Waals surface area (Å²) in [6, 6.07) is 10.0. The number of anilines is 1. The highest BCUT2D eigenvalue weighted by Crippen LogP contribution is 2.21. The van der Waals surface area contributed by atoms with E-state index in [4.69, 9.17) is 0 Å². The van der Waals surface area contributed by atoms with Crippen molar-refractivity contribution in [1.82, 2.24) is 0 Å². The molecular weight excluding hydrogens is 275 g/mol. The fraction of sp³-hybridized carbons (Fsp3) is 0.133. The molecule has 0 spiro atoms. The van der Waals surface area contributed by atoms with E-state index in [9.17, 15) is 19.3 Å². The van der Waals surface area contributed by atoms with Gasteiger partial charge in [-0.1, -0.05) is 12.1 Å². The predicted octanol–water partition coefficient (Wildman–Crippen LogP) is 3.32. The van der Waals surface area contributed by atoms with Crippen LogP contribution in [0.4, 0.5) is 15.8 Å². The molecule has 0 N–H and O–H groups in total. The molecule has 0 aromatic heterocycles. The third-order valence-electron chi connectivity index (χ3n) is 3.08. The third-order valence-corrected chi connectivity index (χ3v) is 3.08. The molecule has 0 atom stereocenters. The van der Waals surface area contributed by atoms with Crippen molar-refractivity contribution in [2.45, 2.75) is 6.92 Å². The fourth-order valence-corrected chi connectivity index (χ4v) is 1.93. The Morgan fingerprint density at radius 2 is 1.95 bits per heavy atom. The fourth-order valence-electron chi connectivity index (χ4n) is 1.93. The summed E-state index contributed by atoms with van der Waals surface area (Å²) in [4.78, 5) is 23.6. The van der Waals surface area contributed by atoms with E-state index in [-0.39, 0.29) is 11.3 Å². The van der Waals surface area contributed by atoms with Crippen molar-refractivity contribution in [3.63, 3.8) is 0 Å². The average molecular weight is 288 g/mol. The van der Waals surface area contributed by atoms with Gasteiger partial charge in [0.05, 0.1) is 10.5 Å². The van der Waals surface area contributed by atoms with Gasteiger partial charge in [0.2, 0.25) is 0 Å². The van der Waals surface area contributed by atoms with E-state index in [2.05, 4.69) is 0 Å². The molecule has 0 aliphatic rings. The van der Waals surface area contributed by atoms with Crippen LogP contribution in [0.25, 0.3) is 0 Å². The Balaban J connectivity index is 2.39. The maximum atomic E-state index is 13.8. The van der Waals surface area contributed by atoms with Gasteiger partial charge < -0.3 is 4.90 Å². The molecule has 0 aliphatic carbocycles. The number of hydrogen-bond donors (Lipinski definition) is 0. The van der Waals surface area contributed by atoms with Gasteiger partial charge in [-0.15, -0.1) is 0 Å². The zero-order valence-corrected chi connectivity index (χ0v) is 11.5. The molecule has 0 saturated carbocycles. The SMILES string of the molecule is Cc1cccc(N(C)C(=O)c2cc([N+](=O)[O-])ccc2F)c1. The number of amides is 1. The number of nitro benzene ring substituents is 1. The summed E-state index contributed by atoms with van der Waals surface area (Å²) in [6.45, 7) is 1.87. The number of aryl methyl sites for hydroxylation is 1. The number of nitro groups is 1. The van der Waals surface area contributed by atoms with E-state index >= 15 is 0 Å². The molecule has 0 fully saturated rings. The Hall–Kier alpha value is -2.76. The molecule has 5 nitrogen and oxygen atoms in total. The molecule has 0 heterocycles. The van der Waals surface area contributed by atoms with E-state index in [0.29, 0.717) is 5.69 Å². The summed E-state index contributed by atoms with van der Waals surface area (Å²) >= 11 is 0. The molecule has 2 aromatic carbocycles. The first-order valence-corrected chi connectivity index (χ1v) is 6.19. The van der Waals surface area contributed by atoms with Gasteiger partial charge in [-0.05, 0) is 30.7 Å². The molecule has 108 valence electrons. The number of rotatable bonds is 3. The highest BCUT2D eigenvalue weighted by molar-refractivity contribution is 6.06. The van der Waals surface area contributed by atoms with Crippen LogP contribution in [0, 0.1) is 22.9 Å². The van der Waals surface area contributed by atoms with Crippen LogP contribution < -0.4 is 4.90 Å². The highest BCUT2D eigenvalue weighted by Gasteiger charge is 2.20. The minimum atomic E-state index is -0.787. The van der Waals surface area contributed by atoms with Gasteiger partial charge in [0.15, 0.2) is 0 Å². The van der Waals surface area contributed by atoms with E-state index in [1.165, 1.54) is 11.9 Å². The number of hydrogen-bond acceptors (Lipinski definition) is 3. The minimum Gasteiger partial charge on any atom is -0.311 e. The van der Waals surface area contributed by atoms with Crippen LogP contribution in [0.15, 0.2) is 42.5 Å². The molecule has 21 heavy (non-hydrogen) atoms. The first-order chi connectivity index (χ1) is 9.90. The first kappa shape index (κ1) is 14.6. The van der Waals surface area contributed by atoms with Crippen molar-refractivity contribution in [2.24, 2.45) is 0 Å². The summed E-state index contributed by atoms with van der Waals surface area (Å²) in [5.74, 6) is -1.42. The van der Waals surface area contributed by atoms with Crippen LogP contribution in [-0.4, -0.2) is 17.9 Å². The smallest absolute Gasteiger partial charge is 0.270 e. The molecule has 0 radical (unpaired) electrons. The lowest BCUT2D eigenvalue weighted by Crippen LogP contribution is -2.27. The standard InChI is InChI=1S/C15H13FN2O3/c1-10-4-3-5-11(8-10)17(2)15(19)13-9-12(18(20)21)6-7-14(13)16/h3-9H,1-2H3. The monoisotopic (exact) mass is 288 g/mol. The number of nitrogens with zero attached hydrogens (tertiary/aromatic N) is 2. The lowest BCUT2D eigenvalue weighted by atomic mass is 10.1. The second-order valence-corrected chi connectivity index (χ2v) is 4.62. The van der Waals surface area contributed by atoms with Gasteiger partial charge in [0, 0.05) is 24.9 Å². The Morgan fingerprint density at radius 3 is 2.57 bits per heavy atom. The van der Waals surface area contributed by atoms with Crippen molar-refractivity contribution in [2.75, 3.05) is 11.9 Å². The number of carbonyl (C=O) groups is 1. The van der Waals surface area contributed by atoms with Gasteiger partial charge in [-0.3, -0.25) is 14.9 Å². The number of benzene rings is 2. The molecule has 2 rings (SSSR count). The Bertz CT molecular complexity index is 716. The molecule has 2 aromatic rings. The van der Waals surface area contributed by atoms with E-state index < -0.39 is 16.6 Å². The first-order valence-electron chi connectivity index (χ1n) is 6.19. The van der Waals surface area contributed by atoms with Crippen LogP contribution in [-0.2, 0) is 0 Å². The Labute approximate surface area is 120 Å². The maximum absolute atomic E-state index is 13.8. The lowest BCUT2D eigenvalue weighted by molar-refractivity contribution is -0.384. The average Bonchev–Trinajstić information content (AvgIpc) is 2.46. The van der Waals surface area contributed by atoms with Gasteiger partial charge >= 0.3 is 0 Å². The molecule has 0 unspecified atom stereocenters. The molecule has 6 heteroatoms. The molecule has 0 aliphatic heterocycles. The van der Waals surface area contributed by atoms with Crippen LogP contribution in [0.5, 0.6) is 0 Å². The second kappa shape index (κ2) is 5.70. The second-order valence-electron chi connectivity index (χ2n) is 4.62. The Kier molecular flexibility index (Phi) is 3.98. The van der Waals surface area contributed by atoms with Crippen molar-refractivity contribution in [3.8, 4) is 0 Å². The zero-order valence-electron chi connectivity index (χ0n) is 11.5. The maximum Gasteiger partial charge on any atom is 0.270 e. The summed E-state index contributed by atoms with van der Waals surface area (Å²) in [5.41, 5.74) is 0.892. The molecule has 1 amide bonds. The highest BCUT2D eigenvalue weighted by atomic mass is 19.1. The number of non-ortho nitro benzene ring substituents is 1. The normalized spacial score (nSPS) is 10.2. The summed E-state index contributed by atoms with van der Waals surface area (Å²) < 4.78 is 13.8. The topological polar surface area (TPSA) is 63.5 Å². The molecule has 0 saturated heterocycles. The number of carbonyl (C=O) groups excluding carboxylic acids is 1. The van der Waals surface area contributed by atoms with Crippen LogP contribution in [0.1, 0.15) is 15.9 Å². The van der Waals surface area contributed by atoms with Crippen LogP contribution >= 0.6 is 0 Å². The van der Waals surface area contributed by atoms with Crippen molar-refractivity contribution in [1.29, 1.82) is 0 Å². The van der Waals surface area contributed by atoms with E-state index in [1.807, 2.05) is 13.0 Å². The van der Waals surface area contributed by atoms with Crippen molar-refractivity contribution in [3.05, 3.63) is 69.5 Å². The van der Waals surface area contributed by atoms with Gasteiger partial charge in [-0.25, -0.2) is 4.39 Å². The van der Waals surface area contributed by atoms with Gasteiger partial charge in [0.1, 0.15) is 5.82 Å². The van der Waals surface area contributed by atoms with Crippen molar-refractivity contribution < 1.29 is 14.1 Å². The lowest BCUT2D eigenvalue weighted by Gasteiger charge is -2.18. The zero-order chi connectivity index (χ0) is 15.6. The third kappa shape index (κ3) is 3.05. The minimum absolute atomic E-state index is 0.322. The summed E-state index contributed by atoms with van der Waals surface area (Å²) in [5, 5.41) is 10.7. The quantitative estimate of drug-likeness (QED) is 0.643. The van der Waals surface area contributed by atoms with Crippen molar-refractivity contribution >= 4 is 17.3 Å². The summed E-state index contributed by atoms with van der Waals surface area (Å²) in [6.07, 6.45) is 0. The van der Waals surface area contributed by atoms with Crippen LogP contribution in [0.3, 0.4) is 0 Å². The van der Waals surface area contributed by atoms with E-state index in [1.54, 1.807) is 18.2 Å². The number of halogens is 1. The Morgan fingerprint density at radius 1 is 1.24 bits per heavy atom. The summed E-state index contributed by atoms with van der Waals surface area (Å²) in [7, 11) is 1.50. The molecule has 0 bridgehead atoms. The largest absolute Gasteiger partial charge is 0.311 e. The van der Waals surface area contributed by atoms with Gasteiger partial charge in [0.25, 0.3) is 11.6 Å². The van der Waals surface area contributed by atoms with E-state index in [0.717, 1.165) is 23.8 Å². The molecular formula is C15H13FN2O3. The van der Waals surface area contributed by atoms with Gasteiger partial charge in [-0.2, -0.15) is 0 Å². The van der Waals surface area contributed by atoms with Crippen LogP contribution in [0.2, 0.25) is 0 Å².